The standard InChI is InChI=1S/C15H13NO5/c16-14(19)6-8-1-3-10(12(5-8)15(20)21)11-4-2-9(17)7-13(11)18/h1-5,7,17-18H,6H2,(H2,16,19)(H,20,21). The molecule has 5 N–H and O–H groups in total. The number of aromatic carboxylic acids is 1. The molecule has 0 unspecified atom stereocenters. The molecular formula is C15H13NO5. The zero-order valence-electron chi connectivity index (χ0n) is 10.9. The maximum Gasteiger partial charge on any atom is 0.336 e. The molecule has 0 saturated heterocycles. The van der Waals surface area contributed by atoms with Crippen LogP contribution in [0.2, 0.25) is 0 Å². The number of hydrogen-bond donors (Lipinski definition) is 4. The predicted octanol–water partition coefficient (Wildman–Crippen LogP) is 1.49. The van der Waals surface area contributed by atoms with E-state index in [1.165, 1.54) is 24.3 Å². The zero-order chi connectivity index (χ0) is 15.6. The van der Waals surface area contributed by atoms with Crippen LogP contribution in [0.5, 0.6) is 11.5 Å². The van der Waals surface area contributed by atoms with Gasteiger partial charge in [-0.1, -0.05) is 12.1 Å². The number of nitrogens with two attached hydrogens (primary N) is 1. The Morgan fingerprint density at radius 1 is 1.00 bits per heavy atom. The first-order chi connectivity index (χ1) is 9.88. The van der Waals surface area contributed by atoms with Gasteiger partial charge in [0.15, 0.2) is 0 Å². The Bertz CT molecular complexity index is 724. The van der Waals surface area contributed by atoms with Crippen molar-refractivity contribution >= 4 is 11.9 Å². The number of carboxylic acid groups (broad SMARTS) is 1. The first-order valence-corrected chi connectivity index (χ1v) is 6.05. The normalized spacial score (nSPS) is 10.3. The molecule has 0 aliphatic heterocycles. The van der Waals surface area contributed by atoms with E-state index in [1.807, 2.05) is 0 Å². The van der Waals surface area contributed by atoms with E-state index in [4.69, 9.17) is 5.73 Å². The predicted molar refractivity (Wildman–Crippen MR) is 75.1 cm³/mol. The molecule has 0 heterocycles. The molecule has 0 aromatic heterocycles. The Labute approximate surface area is 120 Å². The molecule has 108 valence electrons. The number of rotatable bonds is 4. The van der Waals surface area contributed by atoms with Crippen LogP contribution in [0.15, 0.2) is 36.4 Å². The first-order valence-electron chi connectivity index (χ1n) is 6.05. The van der Waals surface area contributed by atoms with E-state index in [1.54, 1.807) is 6.07 Å². The van der Waals surface area contributed by atoms with Crippen molar-refractivity contribution in [1.82, 2.24) is 0 Å². The summed E-state index contributed by atoms with van der Waals surface area (Å²) in [5.41, 5.74) is 6.06. The van der Waals surface area contributed by atoms with Crippen molar-refractivity contribution in [2.45, 2.75) is 6.42 Å². The second kappa shape index (κ2) is 5.54. The van der Waals surface area contributed by atoms with Crippen molar-refractivity contribution in [3.63, 3.8) is 0 Å². The molecule has 0 atom stereocenters. The van der Waals surface area contributed by atoms with E-state index in [9.17, 15) is 24.9 Å². The summed E-state index contributed by atoms with van der Waals surface area (Å²) in [4.78, 5) is 22.3. The summed E-state index contributed by atoms with van der Waals surface area (Å²) in [5.74, 6) is -2.12. The maximum absolute atomic E-state index is 11.4. The molecule has 0 spiro atoms. The molecule has 2 aromatic carbocycles. The molecule has 0 fully saturated rings. The minimum atomic E-state index is -1.19. The Hall–Kier alpha value is -3.02. The number of amides is 1. The summed E-state index contributed by atoms with van der Waals surface area (Å²) in [7, 11) is 0. The van der Waals surface area contributed by atoms with Gasteiger partial charge in [0.1, 0.15) is 11.5 Å². The van der Waals surface area contributed by atoms with Gasteiger partial charge in [0, 0.05) is 11.6 Å². The molecule has 21 heavy (non-hydrogen) atoms. The van der Waals surface area contributed by atoms with Gasteiger partial charge in [0.2, 0.25) is 5.91 Å². The average molecular weight is 287 g/mol. The Morgan fingerprint density at radius 3 is 2.24 bits per heavy atom. The monoisotopic (exact) mass is 287 g/mol. The molecule has 2 aromatic rings. The van der Waals surface area contributed by atoms with E-state index < -0.39 is 11.9 Å². The van der Waals surface area contributed by atoms with Crippen LogP contribution in [0.25, 0.3) is 11.1 Å². The largest absolute Gasteiger partial charge is 0.508 e. The lowest BCUT2D eigenvalue weighted by Gasteiger charge is -2.10. The summed E-state index contributed by atoms with van der Waals surface area (Å²) >= 11 is 0. The van der Waals surface area contributed by atoms with E-state index in [0.717, 1.165) is 6.07 Å². The molecular weight excluding hydrogens is 274 g/mol. The molecule has 2 rings (SSSR count). The molecule has 0 bridgehead atoms. The van der Waals surface area contributed by atoms with Crippen LogP contribution >= 0.6 is 0 Å². The van der Waals surface area contributed by atoms with E-state index >= 15 is 0 Å². The Kier molecular flexibility index (Phi) is 3.80. The molecule has 6 nitrogen and oxygen atoms in total. The number of carbonyl (C=O) groups is 2. The van der Waals surface area contributed by atoms with E-state index in [0.29, 0.717) is 5.56 Å². The molecule has 0 aliphatic rings. The van der Waals surface area contributed by atoms with Gasteiger partial charge >= 0.3 is 5.97 Å². The average Bonchev–Trinajstić information content (AvgIpc) is 2.38. The first kappa shape index (κ1) is 14.4. The number of aromatic hydroxyl groups is 2. The van der Waals surface area contributed by atoms with Gasteiger partial charge in [0.25, 0.3) is 0 Å². The van der Waals surface area contributed by atoms with Gasteiger partial charge in [-0.05, 0) is 29.3 Å². The summed E-state index contributed by atoms with van der Waals surface area (Å²) < 4.78 is 0. The second-order valence-electron chi connectivity index (χ2n) is 4.53. The lowest BCUT2D eigenvalue weighted by molar-refractivity contribution is -0.117. The van der Waals surface area contributed by atoms with Crippen molar-refractivity contribution < 1.29 is 24.9 Å². The van der Waals surface area contributed by atoms with Crippen LogP contribution in [0, 0.1) is 0 Å². The Balaban J connectivity index is 2.57. The number of primary amides is 1. The highest BCUT2D eigenvalue weighted by Crippen LogP contribution is 2.34. The zero-order valence-corrected chi connectivity index (χ0v) is 10.9. The third-order valence-electron chi connectivity index (χ3n) is 2.96. The minimum absolute atomic E-state index is 0.0604. The topological polar surface area (TPSA) is 121 Å². The molecule has 0 radical (unpaired) electrons. The van der Waals surface area contributed by atoms with Crippen LogP contribution in [-0.4, -0.2) is 27.2 Å². The van der Waals surface area contributed by atoms with Crippen LogP contribution in [0.4, 0.5) is 0 Å². The molecule has 0 aliphatic carbocycles. The van der Waals surface area contributed by atoms with Gasteiger partial charge in [-0.2, -0.15) is 0 Å². The van der Waals surface area contributed by atoms with Gasteiger partial charge in [-0.3, -0.25) is 4.79 Å². The number of phenols is 2. The highest BCUT2D eigenvalue weighted by Gasteiger charge is 2.16. The maximum atomic E-state index is 11.4. The fourth-order valence-electron chi connectivity index (χ4n) is 2.06. The van der Waals surface area contributed by atoms with Crippen molar-refractivity contribution in [3.8, 4) is 22.6 Å². The van der Waals surface area contributed by atoms with Crippen molar-refractivity contribution in [3.05, 3.63) is 47.5 Å². The van der Waals surface area contributed by atoms with E-state index in [2.05, 4.69) is 0 Å². The summed E-state index contributed by atoms with van der Waals surface area (Å²) in [5, 5.41) is 28.4. The van der Waals surface area contributed by atoms with Gasteiger partial charge in [-0.25, -0.2) is 4.79 Å². The van der Waals surface area contributed by atoms with Gasteiger partial charge < -0.3 is 21.1 Å². The fraction of sp³-hybridized carbons (Fsp3) is 0.0667. The van der Waals surface area contributed by atoms with Crippen LogP contribution < -0.4 is 5.73 Å². The third-order valence-corrected chi connectivity index (χ3v) is 2.96. The molecule has 1 amide bonds. The highest BCUT2D eigenvalue weighted by atomic mass is 16.4. The lowest BCUT2D eigenvalue weighted by atomic mass is 9.95. The number of benzene rings is 2. The number of carboxylic acids is 1. The van der Waals surface area contributed by atoms with Crippen LogP contribution in [-0.2, 0) is 11.2 Å². The quantitative estimate of drug-likeness (QED) is 0.679. The molecule has 0 saturated carbocycles. The summed E-state index contributed by atoms with van der Waals surface area (Å²) in [6, 6.07) is 8.29. The number of phenolic OH excluding ortho intramolecular Hbond substituents is 2. The minimum Gasteiger partial charge on any atom is -0.508 e. The van der Waals surface area contributed by atoms with E-state index in [-0.39, 0.29) is 34.6 Å². The van der Waals surface area contributed by atoms with Gasteiger partial charge in [0.05, 0.1) is 12.0 Å². The third kappa shape index (κ3) is 3.11. The number of hydrogen-bond acceptors (Lipinski definition) is 4. The summed E-state index contributed by atoms with van der Waals surface area (Å²) in [6.45, 7) is 0. The Morgan fingerprint density at radius 2 is 1.67 bits per heavy atom. The second-order valence-corrected chi connectivity index (χ2v) is 4.53. The van der Waals surface area contributed by atoms with Gasteiger partial charge in [-0.15, -0.1) is 0 Å². The van der Waals surface area contributed by atoms with Crippen LogP contribution in [0.1, 0.15) is 15.9 Å². The number of carbonyl (C=O) groups excluding carboxylic acids is 1. The molecule has 6 heteroatoms. The van der Waals surface area contributed by atoms with Crippen molar-refractivity contribution in [2.24, 2.45) is 5.73 Å². The van der Waals surface area contributed by atoms with Crippen molar-refractivity contribution in [2.75, 3.05) is 0 Å². The lowest BCUT2D eigenvalue weighted by Crippen LogP contribution is -2.14. The highest BCUT2D eigenvalue weighted by molar-refractivity contribution is 5.97. The fourth-order valence-corrected chi connectivity index (χ4v) is 2.06. The smallest absolute Gasteiger partial charge is 0.336 e. The SMILES string of the molecule is NC(=O)Cc1ccc(-c2ccc(O)cc2O)c(C(=O)O)c1. The summed E-state index contributed by atoms with van der Waals surface area (Å²) in [6.07, 6.45) is -0.0673. The van der Waals surface area contributed by atoms with Crippen molar-refractivity contribution in [1.29, 1.82) is 0 Å². The van der Waals surface area contributed by atoms with Crippen LogP contribution in [0.3, 0.4) is 0 Å².